The van der Waals surface area contributed by atoms with Crippen LogP contribution in [0.25, 0.3) is 0 Å². The topological polar surface area (TPSA) is 92.5 Å². The van der Waals surface area contributed by atoms with Crippen LogP contribution in [0.5, 0.6) is 0 Å². The maximum atomic E-state index is 12.4. The van der Waals surface area contributed by atoms with E-state index in [1.807, 2.05) is 12.1 Å². The lowest BCUT2D eigenvalue weighted by molar-refractivity contribution is 0.247. The summed E-state index contributed by atoms with van der Waals surface area (Å²) < 4.78 is 24.8. The summed E-state index contributed by atoms with van der Waals surface area (Å²) in [4.78, 5) is 13.2. The number of nitrogens with zero attached hydrogens (tertiary/aromatic N) is 1. The number of rotatable bonds is 1. The van der Waals surface area contributed by atoms with Gasteiger partial charge in [0.15, 0.2) is 9.84 Å². The van der Waals surface area contributed by atoms with Crippen molar-refractivity contribution in [2.75, 3.05) is 24.2 Å². The average Bonchev–Trinajstić information content (AvgIpc) is 2.71. The number of fused-ring (bicyclic) bond motifs is 2. The second-order valence-electron chi connectivity index (χ2n) is 5.81. The van der Waals surface area contributed by atoms with Crippen molar-refractivity contribution in [1.29, 1.82) is 0 Å². The van der Waals surface area contributed by atoms with E-state index in [-0.39, 0.29) is 0 Å². The molecule has 2 aliphatic rings. The number of anilines is 1. The number of nitrogens with one attached hydrogen (secondary N) is 1. The summed E-state index contributed by atoms with van der Waals surface area (Å²) in [5.41, 5.74) is 6.48. The largest absolute Gasteiger partial charge is 0.351 e. The van der Waals surface area contributed by atoms with Crippen LogP contribution in [0.4, 0.5) is 10.5 Å². The summed E-state index contributed by atoms with van der Waals surface area (Å²) in [7, 11) is -3.48. The van der Waals surface area contributed by atoms with Gasteiger partial charge in [0, 0.05) is 11.7 Å². The number of nitrogens with two attached hydrogens (primary N) is 1. The van der Waals surface area contributed by atoms with E-state index in [4.69, 9.17) is 5.73 Å². The van der Waals surface area contributed by atoms with Gasteiger partial charge in [-0.05, 0) is 37.6 Å². The van der Waals surface area contributed by atoms with E-state index in [1.165, 1.54) is 11.2 Å². The number of carbonyl (C=O) groups excluding carboxylic acids is 1. The number of urea groups is 1. The lowest BCUT2D eigenvalue weighted by atomic mass is 9.74. The van der Waals surface area contributed by atoms with Crippen molar-refractivity contribution in [2.45, 2.75) is 23.6 Å². The zero-order valence-electron chi connectivity index (χ0n) is 11.9. The van der Waals surface area contributed by atoms with Crippen LogP contribution in [-0.4, -0.2) is 39.2 Å². The number of benzene rings is 1. The van der Waals surface area contributed by atoms with Crippen molar-refractivity contribution >= 4 is 21.6 Å². The van der Waals surface area contributed by atoms with Crippen molar-refractivity contribution in [3.8, 4) is 0 Å². The standard InChI is InChI=1S/C14H19N3O3S/c1-21(19,20)12-14(6-8-16-9-7-14)10-4-2-3-5-11(10)17(12)13(15)18/h2-5,12,16H,6-9H2,1H3,(H2,15,18). The molecule has 1 unspecified atom stereocenters. The Labute approximate surface area is 124 Å². The summed E-state index contributed by atoms with van der Waals surface area (Å²) in [5, 5.41) is 2.34. The molecule has 2 heterocycles. The minimum absolute atomic E-state index is 0.565. The zero-order valence-corrected chi connectivity index (χ0v) is 12.7. The minimum atomic E-state index is -3.48. The van der Waals surface area contributed by atoms with Crippen LogP contribution in [-0.2, 0) is 15.3 Å². The van der Waals surface area contributed by atoms with E-state index >= 15 is 0 Å². The van der Waals surface area contributed by atoms with Crippen LogP contribution in [0.2, 0.25) is 0 Å². The van der Waals surface area contributed by atoms with Gasteiger partial charge in [-0.1, -0.05) is 18.2 Å². The molecule has 0 aromatic heterocycles. The highest BCUT2D eigenvalue weighted by Crippen LogP contribution is 2.51. The van der Waals surface area contributed by atoms with Gasteiger partial charge in [-0.15, -0.1) is 0 Å². The third kappa shape index (κ3) is 2.03. The first-order valence-electron chi connectivity index (χ1n) is 6.96. The molecule has 114 valence electrons. The first kappa shape index (κ1) is 14.3. The van der Waals surface area contributed by atoms with Gasteiger partial charge in [0.2, 0.25) is 0 Å². The van der Waals surface area contributed by atoms with E-state index < -0.39 is 26.7 Å². The van der Waals surface area contributed by atoms with Gasteiger partial charge < -0.3 is 11.1 Å². The molecule has 0 bridgehead atoms. The van der Waals surface area contributed by atoms with E-state index in [0.29, 0.717) is 18.5 Å². The number of carbonyl (C=O) groups is 1. The number of para-hydroxylation sites is 1. The fourth-order valence-corrected chi connectivity index (χ4v) is 5.62. The number of amides is 2. The predicted octanol–water partition coefficient (Wildman–Crippen LogP) is 0.577. The van der Waals surface area contributed by atoms with Crippen LogP contribution in [0.15, 0.2) is 24.3 Å². The highest BCUT2D eigenvalue weighted by molar-refractivity contribution is 7.91. The molecule has 3 N–H and O–H groups in total. The van der Waals surface area contributed by atoms with Crippen molar-refractivity contribution in [1.82, 2.24) is 5.32 Å². The highest BCUT2D eigenvalue weighted by Gasteiger charge is 2.57. The van der Waals surface area contributed by atoms with Crippen molar-refractivity contribution < 1.29 is 13.2 Å². The molecule has 2 aliphatic heterocycles. The van der Waals surface area contributed by atoms with Crippen LogP contribution >= 0.6 is 0 Å². The van der Waals surface area contributed by atoms with E-state index in [0.717, 1.165) is 18.7 Å². The first-order chi connectivity index (χ1) is 9.88. The van der Waals surface area contributed by atoms with Gasteiger partial charge in [-0.25, -0.2) is 13.2 Å². The molecule has 1 spiro atoms. The molecule has 0 saturated carbocycles. The molecule has 1 aromatic rings. The van der Waals surface area contributed by atoms with E-state index in [2.05, 4.69) is 5.32 Å². The second-order valence-corrected chi connectivity index (χ2v) is 7.92. The number of primary amides is 1. The summed E-state index contributed by atoms with van der Waals surface area (Å²) in [6.07, 6.45) is 2.53. The molecule has 1 aromatic carbocycles. The van der Waals surface area contributed by atoms with Gasteiger partial charge >= 0.3 is 6.03 Å². The van der Waals surface area contributed by atoms with Gasteiger partial charge in [-0.3, -0.25) is 4.90 Å². The lowest BCUT2D eigenvalue weighted by Gasteiger charge is -2.40. The van der Waals surface area contributed by atoms with Crippen LogP contribution < -0.4 is 16.0 Å². The molecule has 6 nitrogen and oxygen atoms in total. The fourth-order valence-electron chi connectivity index (χ4n) is 3.84. The normalized spacial score (nSPS) is 24.0. The molecular formula is C14H19N3O3S. The molecule has 7 heteroatoms. The van der Waals surface area contributed by atoms with Crippen LogP contribution in [0.3, 0.4) is 0 Å². The molecule has 3 rings (SSSR count). The predicted molar refractivity (Wildman–Crippen MR) is 80.9 cm³/mol. The van der Waals surface area contributed by atoms with Crippen molar-refractivity contribution in [2.24, 2.45) is 5.73 Å². The van der Waals surface area contributed by atoms with Gasteiger partial charge in [-0.2, -0.15) is 0 Å². The maximum absolute atomic E-state index is 12.4. The molecule has 1 saturated heterocycles. The van der Waals surface area contributed by atoms with Gasteiger partial charge in [0.25, 0.3) is 0 Å². The minimum Gasteiger partial charge on any atom is -0.351 e. The Bertz CT molecular complexity index is 680. The molecule has 0 aliphatic carbocycles. The van der Waals surface area contributed by atoms with Crippen molar-refractivity contribution in [3.63, 3.8) is 0 Å². The van der Waals surface area contributed by atoms with Gasteiger partial charge in [0.05, 0.1) is 5.69 Å². The summed E-state index contributed by atoms with van der Waals surface area (Å²) in [6.45, 7) is 1.46. The van der Waals surface area contributed by atoms with E-state index in [9.17, 15) is 13.2 Å². The Hall–Kier alpha value is -1.60. The number of piperidine rings is 1. The van der Waals surface area contributed by atoms with Gasteiger partial charge in [0.1, 0.15) is 5.37 Å². The Morgan fingerprint density at radius 1 is 1.33 bits per heavy atom. The highest BCUT2D eigenvalue weighted by atomic mass is 32.2. The molecule has 0 radical (unpaired) electrons. The maximum Gasteiger partial charge on any atom is 0.320 e. The first-order valence-corrected chi connectivity index (χ1v) is 8.91. The van der Waals surface area contributed by atoms with Crippen molar-refractivity contribution in [3.05, 3.63) is 29.8 Å². The monoisotopic (exact) mass is 309 g/mol. The van der Waals surface area contributed by atoms with E-state index in [1.54, 1.807) is 12.1 Å². The Kier molecular flexibility index (Phi) is 3.22. The van der Waals surface area contributed by atoms with Crippen LogP contribution in [0, 0.1) is 0 Å². The molecule has 1 atom stereocenters. The fraction of sp³-hybridized carbons (Fsp3) is 0.500. The molecule has 2 amide bonds. The number of hydrogen-bond acceptors (Lipinski definition) is 4. The third-order valence-electron chi connectivity index (χ3n) is 4.55. The number of sulfone groups is 1. The Balaban J connectivity index is 2.27. The quantitative estimate of drug-likeness (QED) is 0.793. The summed E-state index contributed by atoms with van der Waals surface area (Å²) in [5.74, 6) is 0. The number of hydrogen-bond donors (Lipinski definition) is 2. The average molecular weight is 309 g/mol. The molecule has 1 fully saturated rings. The zero-order chi connectivity index (χ0) is 15.3. The van der Waals surface area contributed by atoms with Crippen LogP contribution in [0.1, 0.15) is 18.4 Å². The Morgan fingerprint density at radius 3 is 2.52 bits per heavy atom. The smallest absolute Gasteiger partial charge is 0.320 e. The third-order valence-corrected chi connectivity index (χ3v) is 6.02. The summed E-state index contributed by atoms with van der Waals surface area (Å²) >= 11 is 0. The Morgan fingerprint density at radius 2 is 1.95 bits per heavy atom. The summed E-state index contributed by atoms with van der Waals surface area (Å²) in [6, 6.07) is 6.66. The second kappa shape index (κ2) is 4.71. The lowest BCUT2D eigenvalue weighted by Crippen LogP contribution is -2.56. The SMILES string of the molecule is CS(=O)(=O)C1N(C(N)=O)c2ccccc2C12CCNCC2. The molecular weight excluding hydrogens is 290 g/mol. The molecule has 21 heavy (non-hydrogen) atoms.